The highest BCUT2D eigenvalue weighted by Crippen LogP contribution is 2.30. The van der Waals surface area contributed by atoms with Crippen LogP contribution in [0.15, 0.2) is 45.4 Å². The van der Waals surface area contributed by atoms with Crippen molar-refractivity contribution in [1.29, 1.82) is 10.8 Å². The van der Waals surface area contributed by atoms with E-state index < -0.39 is 34.5 Å². The molecule has 0 radical (unpaired) electrons. The molecule has 0 bridgehead atoms. The van der Waals surface area contributed by atoms with Crippen molar-refractivity contribution in [3.05, 3.63) is 68.2 Å². The number of aromatic amines is 1. The summed E-state index contributed by atoms with van der Waals surface area (Å²) < 4.78 is 28.2. The highest BCUT2D eigenvalue weighted by Gasteiger charge is 2.20. The predicted octanol–water partition coefficient (Wildman–Crippen LogP) is 2.14. The summed E-state index contributed by atoms with van der Waals surface area (Å²) in [6.07, 6.45) is 3.19. The normalized spacial score (nSPS) is 11.0. The van der Waals surface area contributed by atoms with E-state index in [0.717, 1.165) is 24.5 Å². The van der Waals surface area contributed by atoms with Crippen LogP contribution in [0.5, 0.6) is 0 Å². The van der Waals surface area contributed by atoms with Crippen molar-refractivity contribution in [2.45, 2.75) is 0 Å². The highest BCUT2D eigenvalue weighted by molar-refractivity contribution is 9.10. The molecule has 0 aliphatic carbocycles. The van der Waals surface area contributed by atoms with E-state index in [4.69, 9.17) is 16.6 Å². The summed E-state index contributed by atoms with van der Waals surface area (Å²) >= 11 is 3.17. The first-order valence-electron chi connectivity index (χ1n) is 7.70. The first kappa shape index (κ1) is 21.0. The van der Waals surface area contributed by atoms with Crippen LogP contribution in [0.4, 0.5) is 20.2 Å². The Morgan fingerprint density at radius 3 is 2.50 bits per heavy atom. The van der Waals surface area contributed by atoms with Crippen LogP contribution in [-0.4, -0.2) is 29.4 Å². The fourth-order valence-electron chi connectivity index (χ4n) is 2.20. The quantitative estimate of drug-likeness (QED) is 0.340. The van der Waals surface area contributed by atoms with E-state index in [1.54, 1.807) is 0 Å². The number of carbonyl (C=O) groups excluding carboxylic acids is 1. The zero-order valence-corrected chi connectivity index (χ0v) is 15.8. The van der Waals surface area contributed by atoms with Gasteiger partial charge in [-0.15, -0.1) is 0 Å². The van der Waals surface area contributed by atoms with Crippen LogP contribution in [0.3, 0.4) is 0 Å². The van der Waals surface area contributed by atoms with Gasteiger partial charge in [-0.05, 0) is 28.1 Å². The molecule has 1 aromatic carbocycles. The molecule has 0 spiro atoms. The standard InChI is InChI=1S/C17H15BrF2N6O2/c18-9-6-25-17(28)13(14(23)8(4-21)5-24-7-12(22)27)15(9)26-16-10(19)2-1-3-11(16)20/h1-6,21,23-24H,7H2,(H2,22,27)(H2,25,26,28)/b8-5+,21-4?,23-14?. The number of nitrogens with one attached hydrogen (secondary N) is 5. The maximum Gasteiger partial charge on any atom is 0.259 e. The van der Waals surface area contributed by atoms with Crippen LogP contribution >= 0.6 is 15.9 Å². The second-order valence-corrected chi connectivity index (χ2v) is 6.26. The number of hydrogen-bond donors (Lipinski definition) is 6. The number of pyridine rings is 1. The summed E-state index contributed by atoms with van der Waals surface area (Å²) in [7, 11) is 0. The van der Waals surface area contributed by atoms with Crippen LogP contribution in [-0.2, 0) is 4.79 Å². The first-order chi connectivity index (χ1) is 13.3. The van der Waals surface area contributed by atoms with Crippen molar-refractivity contribution in [3.63, 3.8) is 0 Å². The number of amides is 1. The molecule has 0 aliphatic heterocycles. The Kier molecular flexibility index (Phi) is 6.77. The Bertz CT molecular complexity index is 1010. The number of hydrogen-bond acceptors (Lipinski definition) is 6. The largest absolute Gasteiger partial charge is 0.382 e. The molecule has 11 heteroatoms. The second-order valence-electron chi connectivity index (χ2n) is 5.40. The molecule has 0 saturated heterocycles. The summed E-state index contributed by atoms with van der Waals surface area (Å²) in [5, 5.41) is 20.7. The zero-order chi connectivity index (χ0) is 20.8. The predicted molar refractivity (Wildman–Crippen MR) is 105 cm³/mol. The van der Waals surface area contributed by atoms with Crippen molar-refractivity contribution in [2.75, 3.05) is 11.9 Å². The summed E-state index contributed by atoms with van der Waals surface area (Å²) in [6.45, 7) is -0.245. The van der Waals surface area contributed by atoms with Gasteiger partial charge in [-0.1, -0.05) is 6.07 Å². The number of anilines is 2. The molecule has 0 fully saturated rings. The van der Waals surface area contributed by atoms with Gasteiger partial charge in [0.05, 0.1) is 28.0 Å². The minimum absolute atomic E-state index is 0.0677. The van der Waals surface area contributed by atoms with Crippen molar-refractivity contribution < 1.29 is 13.6 Å². The highest BCUT2D eigenvalue weighted by atomic mass is 79.9. The lowest BCUT2D eigenvalue weighted by Gasteiger charge is -2.15. The smallest absolute Gasteiger partial charge is 0.259 e. The fraction of sp³-hybridized carbons (Fsp3) is 0.0588. The second kappa shape index (κ2) is 9.04. The number of carbonyl (C=O) groups is 1. The number of aromatic nitrogens is 1. The Hall–Kier alpha value is -3.34. The lowest BCUT2D eigenvalue weighted by Crippen LogP contribution is -2.27. The maximum atomic E-state index is 14.0. The number of H-pyrrole nitrogens is 1. The van der Waals surface area contributed by atoms with Gasteiger partial charge in [0.25, 0.3) is 5.56 Å². The summed E-state index contributed by atoms with van der Waals surface area (Å²) in [4.78, 5) is 25.6. The summed E-state index contributed by atoms with van der Waals surface area (Å²) in [6, 6.07) is 3.26. The maximum absolute atomic E-state index is 14.0. The molecule has 7 N–H and O–H groups in total. The monoisotopic (exact) mass is 452 g/mol. The number of benzene rings is 1. The molecule has 146 valence electrons. The molecule has 2 aromatic rings. The summed E-state index contributed by atoms with van der Waals surface area (Å²) in [5.41, 5.74) is 2.94. The van der Waals surface area contributed by atoms with E-state index >= 15 is 0 Å². The van der Waals surface area contributed by atoms with Gasteiger partial charge in [-0.3, -0.25) is 15.0 Å². The van der Waals surface area contributed by atoms with E-state index in [1.807, 2.05) is 0 Å². The molecular formula is C17H15BrF2N6O2. The molecule has 8 nitrogen and oxygen atoms in total. The fourth-order valence-corrected chi connectivity index (χ4v) is 2.61. The number of nitrogens with two attached hydrogens (primary N) is 1. The Labute approximate surface area is 166 Å². The number of allylic oxidation sites excluding steroid dienone is 1. The van der Waals surface area contributed by atoms with E-state index in [9.17, 15) is 18.4 Å². The third-order valence-electron chi connectivity index (χ3n) is 3.49. The molecular weight excluding hydrogens is 438 g/mol. The molecule has 0 unspecified atom stereocenters. The minimum Gasteiger partial charge on any atom is -0.382 e. The number of primary amides is 1. The average Bonchev–Trinajstić information content (AvgIpc) is 2.64. The molecule has 28 heavy (non-hydrogen) atoms. The lowest BCUT2D eigenvalue weighted by atomic mass is 10.0. The SMILES string of the molecule is N=C/C(=C\NCC(N)=O)C(=N)c1c(Nc2c(F)cccc2F)c(Br)c[nH]c1=O. The van der Waals surface area contributed by atoms with Gasteiger partial charge in [0, 0.05) is 24.2 Å². The number of halogens is 3. The van der Waals surface area contributed by atoms with Crippen molar-refractivity contribution >= 4 is 45.1 Å². The number of para-hydroxylation sites is 1. The average molecular weight is 453 g/mol. The van der Waals surface area contributed by atoms with Crippen LogP contribution in [0.2, 0.25) is 0 Å². The minimum atomic E-state index is -0.893. The van der Waals surface area contributed by atoms with Crippen molar-refractivity contribution in [1.82, 2.24) is 10.3 Å². The van der Waals surface area contributed by atoms with Gasteiger partial charge >= 0.3 is 0 Å². The number of rotatable bonds is 8. The van der Waals surface area contributed by atoms with E-state index in [0.29, 0.717) is 0 Å². The van der Waals surface area contributed by atoms with Gasteiger partial charge in [0.1, 0.15) is 17.3 Å². The topological polar surface area (TPSA) is 148 Å². The van der Waals surface area contributed by atoms with Gasteiger partial charge in [0.2, 0.25) is 5.91 Å². The van der Waals surface area contributed by atoms with Crippen LogP contribution in [0.1, 0.15) is 5.56 Å². The molecule has 2 rings (SSSR count). The van der Waals surface area contributed by atoms with Crippen LogP contribution in [0, 0.1) is 22.5 Å². The van der Waals surface area contributed by atoms with Gasteiger partial charge < -0.3 is 26.8 Å². The zero-order valence-electron chi connectivity index (χ0n) is 14.2. The third-order valence-corrected chi connectivity index (χ3v) is 4.11. The van der Waals surface area contributed by atoms with Crippen LogP contribution < -0.4 is 21.9 Å². The Balaban J connectivity index is 2.54. The van der Waals surface area contributed by atoms with E-state index in [1.165, 1.54) is 12.3 Å². The molecule has 0 aliphatic rings. The van der Waals surface area contributed by atoms with Gasteiger partial charge in [-0.2, -0.15) is 0 Å². The lowest BCUT2D eigenvalue weighted by molar-refractivity contribution is -0.117. The Morgan fingerprint density at radius 1 is 1.29 bits per heavy atom. The first-order valence-corrected chi connectivity index (χ1v) is 8.49. The molecule has 1 aromatic heterocycles. The molecule has 1 heterocycles. The van der Waals surface area contributed by atoms with Crippen molar-refractivity contribution in [3.8, 4) is 0 Å². The summed E-state index contributed by atoms with van der Waals surface area (Å²) in [5.74, 6) is -2.45. The van der Waals surface area contributed by atoms with Crippen LogP contribution in [0.25, 0.3) is 0 Å². The third kappa shape index (κ3) is 4.68. The molecule has 0 saturated carbocycles. The molecule has 0 atom stereocenters. The van der Waals surface area contributed by atoms with E-state index in [2.05, 4.69) is 31.5 Å². The van der Waals surface area contributed by atoms with Crippen molar-refractivity contribution in [2.24, 2.45) is 5.73 Å². The Morgan fingerprint density at radius 2 is 1.93 bits per heavy atom. The van der Waals surface area contributed by atoms with Gasteiger partial charge in [-0.25, -0.2) is 8.78 Å². The molecule has 1 amide bonds. The van der Waals surface area contributed by atoms with Gasteiger partial charge in [0.15, 0.2) is 0 Å². The van der Waals surface area contributed by atoms with E-state index in [-0.39, 0.29) is 27.8 Å².